The smallest absolute Gasteiger partial charge is 0.319 e. The van der Waals surface area contributed by atoms with Crippen LogP contribution < -0.4 is 21.2 Å². The lowest BCUT2D eigenvalue weighted by Crippen LogP contribution is -2.54. The number of amides is 2. The molecule has 3 unspecified atom stereocenters. The number of aryl methyl sites for hydroxylation is 1. The number of fused-ring (bicyclic) bond motifs is 5. The van der Waals surface area contributed by atoms with Crippen LogP contribution in [0.2, 0.25) is 0 Å². The van der Waals surface area contributed by atoms with Gasteiger partial charge >= 0.3 is 6.03 Å². The van der Waals surface area contributed by atoms with Gasteiger partial charge < -0.3 is 15.4 Å². The Morgan fingerprint density at radius 3 is 2.84 bits per heavy atom. The highest BCUT2D eigenvalue weighted by atomic mass is 16.5. The molecule has 0 radical (unpaired) electrons. The van der Waals surface area contributed by atoms with Crippen molar-refractivity contribution in [1.82, 2.24) is 25.3 Å². The molecule has 170 valence electrons. The summed E-state index contributed by atoms with van der Waals surface area (Å²) in [4.78, 5) is 25.8. The van der Waals surface area contributed by atoms with Crippen LogP contribution in [0, 0.1) is 6.92 Å². The molecule has 0 spiro atoms. The maximum atomic E-state index is 12.5. The summed E-state index contributed by atoms with van der Waals surface area (Å²) < 4.78 is 6.02. The third kappa shape index (κ3) is 4.46. The van der Waals surface area contributed by atoms with Gasteiger partial charge in [-0.3, -0.25) is 5.43 Å². The molecule has 1 saturated carbocycles. The molecule has 2 aliphatic heterocycles. The number of hydrogen-bond donors (Lipinski definition) is 3. The molecule has 1 saturated heterocycles. The van der Waals surface area contributed by atoms with E-state index in [9.17, 15) is 4.79 Å². The van der Waals surface area contributed by atoms with Crippen LogP contribution in [0.15, 0.2) is 24.5 Å². The van der Waals surface area contributed by atoms with Crippen molar-refractivity contribution in [2.24, 2.45) is 0 Å². The van der Waals surface area contributed by atoms with E-state index >= 15 is 0 Å². The number of morpholine rings is 1. The van der Waals surface area contributed by atoms with E-state index in [1.807, 2.05) is 37.2 Å². The van der Waals surface area contributed by atoms with E-state index in [0.29, 0.717) is 24.9 Å². The highest BCUT2D eigenvalue weighted by Crippen LogP contribution is 2.30. The Balaban J connectivity index is 1.33. The van der Waals surface area contributed by atoms with Gasteiger partial charge in [0.1, 0.15) is 12.4 Å². The van der Waals surface area contributed by atoms with Crippen molar-refractivity contribution < 1.29 is 9.53 Å². The lowest BCUT2D eigenvalue weighted by atomic mass is 9.96. The Labute approximate surface area is 187 Å². The van der Waals surface area contributed by atoms with Crippen molar-refractivity contribution in [3.05, 3.63) is 35.9 Å². The van der Waals surface area contributed by atoms with Crippen LogP contribution in [-0.4, -0.2) is 51.2 Å². The molecule has 2 fully saturated rings. The molecule has 32 heavy (non-hydrogen) atoms. The molecule has 4 bridgehead atoms. The summed E-state index contributed by atoms with van der Waals surface area (Å²) in [5, 5.41) is 10.1. The number of anilines is 3. The maximum Gasteiger partial charge on any atom is 0.319 e. The normalized spacial score (nSPS) is 25.1. The zero-order valence-electron chi connectivity index (χ0n) is 18.5. The van der Waals surface area contributed by atoms with Crippen LogP contribution in [0.3, 0.4) is 0 Å². The fraction of sp³-hybridized carbons (Fsp3) is 0.545. The van der Waals surface area contributed by atoms with Gasteiger partial charge in [0.2, 0.25) is 0 Å². The molecule has 3 aliphatic rings. The molecular weight excluding hydrogens is 408 g/mol. The van der Waals surface area contributed by atoms with Crippen LogP contribution in [-0.2, 0) is 4.74 Å². The fourth-order valence-electron chi connectivity index (χ4n) is 4.57. The maximum absolute atomic E-state index is 12.5. The number of nitrogens with zero attached hydrogens (tertiary/aromatic N) is 5. The number of hydrazine groups is 2. The Kier molecular flexibility index (Phi) is 5.79. The number of hydrogen-bond acceptors (Lipinski definition) is 8. The number of benzene rings is 1. The van der Waals surface area contributed by atoms with Crippen molar-refractivity contribution in [3.8, 4) is 0 Å². The lowest BCUT2D eigenvalue weighted by molar-refractivity contribution is -0.0814. The average molecular weight is 439 g/mol. The first-order valence-electron chi connectivity index (χ1n) is 11.4. The van der Waals surface area contributed by atoms with Crippen molar-refractivity contribution in [2.75, 3.05) is 29.0 Å². The molecule has 1 aromatic carbocycles. The van der Waals surface area contributed by atoms with E-state index < -0.39 is 0 Å². The van der Waals surface area contributed by atoms with Crippen molar-refractivity contribution in [2.45, 2.75) is 64.2 Å². The molecule has 10 heteroatoms. The third-order valence-corrected chi connectivity index (χ3v) is 6.24. The SMILES string of the molecule is Cc1ccc(NC(=O)NC2CCCCC2)cc1NN1c2ncnc(n2)C2CN1CC(C)O2. The Morgan fingerprint density at radius 1 is 1.16 bits per heavy atom. The van der Waals surface area contributed by atoms with Crippen molar-refractivity contribution in [1.29, 1.82) is 0 Å². The zero-order chi connectivity index (χ0) is 22.1. The standard InChI is InChI=1S/C22H30N8O2/c1-14-8-9-17(26-22(31)25-16-6-4-3-5-7-16)10-18(14)28-30-21-24-13-23-20(27-21)19-12-29(30)11-15(2)32-19/h8-10,13,15-16,19,28H,3-7,11-12H2,1-2H3,(H2,25,26,31). The van der Waals surface area contributed by atoms with Crippen molar-refractivity contribution >= 4 is 23.4 Å². The number of nitrogens with one attached hydrogen (secondary N) is 3. The summed E-state index contributed by atoms with van der Waals surface area (Å²) in [6.07, 6.45) is 7.08. The van der Waals surface area contributed by atoms with Gasteiger partial charge in [0, 0.05) is 18.3 Å². The largest absolute Gasteiger partial charge is 0.364 e. The second-order valence-electron chi connectivity index (χ2n) is 8.84. The first-order chi connectivity index (χ1) is 15.5. The molecule has 5 rings (SSSR count). The number of carbonyl (C=O) groups is 1. The van der Waals surface area contributed by atoms with Crippen LogP contribution in [0.5, 0.6) is 0 Å². The molecule has 3 atom stereocenters. The molecule has 1 aliphatic carbocycles. The summed E-state index contributed by atoms with van der Waals surface area (Å²) in [7, 11) is 0. The Hall–Kier alpha value is -2.98. The predicted molar refractivity (Wildman–Crippen MR) is 121 cm³/mol. The quantitative estimate of drug-likeness (QED) is 0.668. The fourth-order valence-corrected chi connectivity index (χ4v) is 4.57. The van der Waals surface area contributed by atoms with Gasteiger partial charge in [-0.05, 0) is 44.4 Å². The van der Waals surface area contributed by atoms with E-state index in [2.05, 4.69) is 36.0 Å². The molecule has 10 nitrogen and oxygen atoms in total. The summed E-state index contributed by atoms with van der Waals surface area (Å²) >= 11 is 0. The number of aromatic nitrogens is 3. The molecule has 2 amide bonds. The Bertz CT molecular complexity index is 980. The third-order valence-electron chi connectivity index (χ3n) is 6.24. The summed E-state index contributed by atoms with van der Waals surface area (Å²) in [6.45, 7) is 5.40. The van der Waals surface area contributed by atoms with Crippen LogP contribution in [0.1, 0.15) is 56.5 Å². The van der Waals surface area contributed by atoms with Gasteiger partial charge in [0.05, 0.1) is 18.3 Å². The van der Waals surface area contributed by atoms with E-state index in [-0.39, 0.29) is 24.3 Å². The van der Waals surface area contributed by atoms with Crippen LogP contribution in [0.4, 0.5) is 22.1 Å². The first kappa shape index (κ1) is 20.9. The minimum absolute atomic E-state index is 0.0356. The lowest BCUT2D eigenvalue weighted by Gasteiger charge is -2.40. The topological polar surface area (TPSA) is 108 Å². The molecule has 3 heterocycles. The Morgan fingerprint density at radius 2 is 2.00 bits per heavy atom. The van der Waals surface area contributed by atoms with E-state index in [1.54, 1.807) is 0 Å². The number of rotatable bonds is 4. The van der Waals surface area contributed by atoms with Gasteiger partial charge in [0.15, 0.2) is 5.82 Å². The van der Waals surface area contributed by atoms with Gasteiger partial charge in [-0.25, -0.2) is 9.78 Å². The van der Waals surface area contributed by atoms with E-state index in [1.165, 1.54) is 25.6 Å². The number of ether oxygens (including phenoxy) is 1. The predicted octanol–water partition coefficient (Wildman–Crippen LogP) is 3.16. The van der Waals surface area contributed by atoms with Gasteiger partial charge in [-0.1, -0.05) is 25.3 Å². The number of urea groups is 1. The van der Waals surface area contributed by atoms with Crippen LogP contribution >= 0.6 is 0 Å². The zero-order valence-corrected chi connectivity index (χ0v) is 18.5. The highest BCUT2D eigenvalue weighted by Gasteiger charge is 2.36. The minimum atomic E-state index is -0.190. The monoisotopic (exact) mass is 438 g/mol. The number of carbonyl (C=O) groups excluding carboxylic acids is 1. The molecule has 2 aromatic rings. The average Bonchev–Trinajstić information content (AvgIpc) is 2.85. The van der Waals surface area contributed by atoms with Gasteiger partial charge in [-0.2, -0.15) is 20.1 Å². The highest BCUT2D eigenvalue weighted by molar-refractivity contribution is 5.90. The van der Waals surface area contributed by atoms with E-state index in [4.69, 9.17) is 4.74 Å². The second kappa shape index (κ2) is 8.87. The second-order valence-corrected chi connectivity index (χ2v) is 8.84. The first-order valence-corrected chi connectivity index (χ1v) is 11.4. The summed E-state index contributed by atoms with van der Waals surface area (Å²) in [5.41, 5.74) is 6.08. The van der Waals surface area contributed by atoms with Gasteiger partial charge in [-0.15, -0.1) is 0 Å². The molecular formula is C22H30N8O2. The van der Waals surface area contributed by atoms with Crippen LogP contribution in [0.25, 0.3) is 0 Å². The molecule has 1 aromatic heterocycles. The summed E-state index contributed by atoms with van der Waals surface area (Å²) in [5.74, 6) is 1.16. The van der Waals surface area contributed by atoms with E-state index in [0.717, 1.165) is 29.8 Å². The van der Waals surface area contributed by atoms with Crippen molar-refractivity contribution in [3.63, 3.8) is 0 Å². The summed E-state index contributed by atoms with van der Waals surface area (Å²) in [6, 6.07) is 5.94. The molecule has 3 N–H and O–H groups in total. The minimum Gasteiger partial charge on any atom is -0.364 e. The van der Waals surface area contributed by atoms with Gasteiger partial charge in [0.25, 0.3) is 5.95 Å².